The molecule has 10 heteroatoms. The summed E-state index contributed by atoms with van der Waals surface area (Å²) >= 11 is 0. The first-order chi connectivity index (χ1) is 15.4. The summed E-state index contributed by atoms with van der Waals surface area (Å²) in [4.78, 5) is 20.5. The van der Waals surface area contributed by atoms with Crippen LogP contribution in [-0.4, -0.2) is 65.5 Å². The lowest BCUT2D eigenvalue weighted by Gasteiger charge is -2.35. The van der Waals surface area contributed by atoms with Crippen molar-refractivity contribution < 1.29 is 19.7 Å². The van der Waals surface area contributed by atoms with Gasteiger partial charge in [-0.1, -0.05) is 0 Å². The Bertz CT molecular complexity index is 1110. The van der Waals surface area contributed by atoms with Gasteiger partial charge in [-0.25, -0.2) is 13.5 Å². The molecule has 3 aromatic rings. The highest BCUT2D eigenvalue weighted by molar-refractivity contribution is 5.83. The van der Waals surface area contributed by atoms with E-state index in [1.165, 1.54) is 23.1 Å². The minimum atomic E-state index is -0.690. The summed E-state index contributed by atoms with van der Waals surface area (Å²) in [6.45, 7) is 4.72. The lowest BCUT2D eigenvalue weighted by atomic mass is 10.1. The molecule has 0 atom stereocenters. The predicted molar refractivity (Wildman–Crippen MR) is 119 cm³/mol. The highest BCUT2D eigenvalue weighted by Crippen LogP contribution is 2.25. The molecule has 170 valence electrons. The molecule has 4 rings (SSSR count). The van der Waals surface area contributed by atoms with Gasteiger partial charge in [0.25, 0.3) is 0 Å². The van der Waals surface area contributed by atoms with Crippen LogP contribution in [0.4, 0.5) is 26.1 Å². The van der Waals surface area contributed by atoms with E-state index in [1.807, 2.05) is 30.0 Å². The van der Waals surface area contributed by atoms with Crippen molar-refractivity contribution >= 4 is 23.2 Å². The third kappa shape index (κ3) is 5.02. The summed E-state index contributed by atoms with van der Waals surface area (Å²) < 4.78 is 33.3. The highest BCUT2D eigenvalue weighted by atomic mass is 19.1. The van der Waals surface area contributed by atoms with Crippen LogP contribution >= 0.6 is 0 Å². The Labute approximate surface area is 185 Å². The molecule has 1 N–H and O–H groups in total. The van der Waals surface area contributed by atoms with Gasteiger partial charge in [0, 0.05) is 45.6 Å². The molecule has 1 aliphatic heterocycles. The van der Waals surface area contributed by atoms with Gasteiger partial charge >= 0.3 is 0 Å². The van der Waals surface area contributed by atoms with Crippen LogP contribution in [-0.2, 0) is 9.53 Å². The van der Waals surface area contributed by atoms with Crippen molar-refractivity contribution in [3.05, 3.63) is 59.9 Å². The van der Waals surface area contributed by atoms with E-state index >= 15 is 0 Å². The standard InChI is InChI=1S/C22H24F2N6O2.H2/c1-15-7-18(12-19(8-15)29-4-3-28(5-6-32-2)21(31)13-29)26-22-25-14-30(27-22)20-10-16(23)9-17(24)11-20;/h7-12,14H,3-6,13H2,1-2H3,(H,26,27);1H. The SMILES string of the molecule is COCCN1CCN(c2cc(C)cc(Nc3ncn(-c4cc(F)cc(F)c4)n3)c2)CC1=O.[HH]. The van der Waals surface area contributed by atoms with Crippen molar-refractivity contribution in [2.45, 2.75) is 6.92 Å². The number of hydrogen-bond acceptors (Lipinski definition) is 6. The molecule has 0 bridgehead atoms. The molecular weight excluding hydrogens is 418 g/mol. The van der Waals surface area contributed by atoms with Crippen molar-refractivity contribution in [3.63, 3.8) is 0 Å². The Morgan fingerprint density at radius 3 is 2.59 bits per heavy atom. The summed E-state index contributed by atoms with van der Waals surface area (Å²) in [6, 6.07) is 9.03. The van der Waals surface area contributed by atoms with Crippen molar-refractivity contribution in [1.29, 1.82) is 0 Å². The number of carbonyl (C=O) groups is 1. The zero-order valence-corrected chi connectivity index (χ0v) is 17.9. The van der Waals surface area contributed by atoms with Crippen LogP contribution in [0.1, 0.15) is 6.99 Å². The number of amides is 1. The van der Waals surface area contributed by atoms with E-state index in [0.29, 0.717) is 26.2 Å². The average molecular weight is 444 g/mol. The molecule has 2 heterocycles. The number of piperazine rings is 1. The van der Waals surface area contributed by atoms with Gasteiger partial charge in [0.15, 0.2) is 0 Å². The molecule has 0 aliphatic carbocycles. The van der Waals surface area contributed by atoms with Gasteiger partial charge in [0.05, 0.1) is 18.8 Å². The largest absolute Gasteiger partial charge is 0.383 e. The lowest BCUT2D eigenvalue weighted by molar-refractivity contribution is -0.131. The molecule has 1 saturated heterocycles. The van der Waals surface area contributed by atoms with E-state index in [-0.39, 0.29) is 19.0 Å². The maximum Gasteiger partial charge on any atom is 0.246 e. The van der Waals surface area contributed by atoms with Gasteiger partial charge in [-0.05, 0) is 42.8 Å². The normalized spacial score (nSPS) is 14.2. The highest BCUT2D eigenvalue weighted by Gasteiger charge is 2.24. The molecule has 32 heavy (non-hydrogen) atoms. The summed E-state index contributed by atoms with van der Waals surface area (Å²) in [5.74, 6) is -1.03. The fourth-order valence-corrected chi connectivity index (χ4v) is 3.63. The second kappa shape index (κ2) is 9.31. The Morgan fingerprint density at radius 2 is 1.88 bits per heavy atom. The molecule has 1 aromatic heterocycles. The third-order valence-electron chi connectivity index (χ3n) is 5.17. The zero-order valence-electron chi connectivity index (χ0n) is 17.9. The van der Waals surface area contributed by atoms with Crippen LogP contribution in [0.5, 0.6) is 0 Å². The Hall–Kier alpha value is -3.53. The number of rotatable bonds is 7. The number of halogens is 2. The average Bonchev–Trinajstić information content (AvgIpc) is 3.20. The van der Waals surface area contributed by atoms with Crippen molar-refractivity contribution in [2.75, 3.05) is 50.1 Å². The first kappa shape index (κ1) is 21.7. The maximum absolute atomic E-state index is 13.5. The molecule has 0 unspecified atom stereocenters. The van der Waals surface area contributed by atoms with E-state index in [0.717, 1.165) is 29.5 Å². The molecule has 0 radical (unpaired) electrons. The van der Waals surface area contributed by atoms with Crippen LogP contribution in [0.3, 0.4) is 0 Å². The number of nitrogens with zero attached hydrogens (tertiary/aromatic N) is 5. The van der Waals surface area contributed by atoms with E-state index in [2.05, 4.69) is 15.4 Å². The van der Waals surface area contributed by atoms with Crippen LogP contribution < -0.4 is 10.2 Å². The van der Waals surface area contributed by atoms with Gasteiger partial charge in [-0.2, -0.15) is 4.98 Å². The molecule has 8 nitrogen and oxygen atoms in total. The van der Waals surface area contributed by atoms with Crippen molar-refractivity contribution in [2.24, 2.45) is 0 Å². The Kier molecular flexibility index (Phi) is 6.31. The quantitative estimate of drug-likeness (QED) is 0.604. The minimum Gasteiger partial charge on any atom is -0.383 e. The Balaban J connectivity index is 0.00000306. The summed E-state index contributed by atoms with van der Waals surface area (Å²) in [5, 5.41) is 7.38. The van der Waals surface area contributed by atoms with Crippen LogP contribution in [0.25, 0.3) is 5.69 Å². The third-order valence-corrected chi connectivity index (χ3v) is 5.17. The number of carbonyl (C=O) groups excluding carboxylic acids is 1. The van der Waals surface area contributed by atoms with E-state index < -0.39 is 11.6 Å². The summed E-state index contributed by atoms with van der Waals surface area (Å²) in [5.41, 5.74) is 2.90. The first-order valence-electron chi connectivity index (χ1n) is 10.2. The maximum atomic E-state index is 13.5. The number of hydrogen-bond donors (Lipinski definition) is 1. The molecule has 0 saturated carbocycles. The van der Waals surface area contributed by atoms with Crippen molar-refractivity contribution in [1.82, 2.24) is 19.7 Å². The smallest absolute Gasteiger partial charge is 0.246 e. The number of methoxy groups -OCH3 is 1. The van der Waals surface area contributed by atoms with Gasteiger partial charge in [-0.3, -0.25) is 4.79 Å². The molecule has 1 aliphatic rings. The fourth-order valence-electron chi connectivity index (χ4n) is 3.63. The molecule has 1 fully saturated rings. The number of anilines is 3. The second-order valence-corrected chi connectivity index (χ2v) is 7.62. The topological polar surface area (TPSA) is 75.5 Å². The van der Waals surface area contributed by atoms with Crippen LogP contribution in [0, 0.1) is 18.6 Å². The molecule has 0 spiro atoms. The van der Waals surface area contributed by atoms with Gasteiger partial charge in [-0.15, -0.1) is 5.10 Å². The summed E-state index contributed by atoms with van der Waals surface area (Å²) in [6.07, 6.45) is 1.38. The molecule has 2 aromatic carbocycles. The van der Waals surface area contributed by atoms with E-state index in [1.54, 1.807) is 12.0 Å². The van der Waals surface area contributed by atoms with Gasteiger partial charge in [0.2, 0.25) is 11.9 Å². The monoisotopic (exact) mass is 444 g/mol. The second-order valence-electron chi connectivity index (χ2n) is 7.62. The first-order valence-corrected chi connectivity index (χ1v) is 10.2. The number of benzene rings is 2. The summed E-state index contributed by atoms with van der Waals surface area (Å²) in [7, 11) is 1.62. The minimum absolute atomic E-state index is 0. The van der Waals surface area contributed by atoms with Crippen molar-refractivity contribution in [3.8, 4) is 5.69 Å². The number of nitrogens with one attached hydrogen (secondary N) is 1. The number of aromatic nitrogens is 3. The molecule has 1 amide bonds. The van der Waals surface area contributed by atoms with E-state index in [4.69, 9.17) is 4.74 Å². The molecular formula is C22H26F2N6O2. The zero-order chi connectivity index (χ0) is 22.7. The number of aryl methyl sites for hydroxylation is 1. The Morgan fingerprint density at radius 1 is 1.09 bits per heavy atom. The fraction of sp³-hybridized carbons (Fsp3) is 0.318. The van der Waals surface area contributed by atoms with Gasteiger partial charge in [0.1, 0.15) is 18.0 Å². The van der Waals surface area contributed by atoms with E-state index in [9.17, 15) is 13.6 Å². The van der Waals surface area contributed by atoms with Crippen LogP contribution in [0.2, 0.25) is 0 Å². The van der Waals surface area contributed by atoms with Gasteiger partial charge < -0.3 is 19.9 Å². The number of ether oxygens (including phenoxy) is 1. The van der Waals surface area contributed by atoms with Crippen LogP contribution in [0.15, 0.2) is 42.7 Å². The lowest BCUT2D eigenvalue weighted by Crippen LogP contribution is -2.51. The predicted octanol–water partition coefficient (Wildman–Crippen LogP) is 3.14.